The van der Waals surface area contributed by atoms with E-state index in [1.54, 1.807) is 0 Å². The summed E-state index contributed by atoms with van der Waals surface area (Å²) >= 11 is 0. The molecule has 1 saturated heterocycles. The monoisotopic (exact) mass is 226 g/mol. The van der Waals surface area contributed by atoms with Gasteiger partial charge in [-0.25, -0.2) is 0 Å². The smallest absolute Gasteiger partial charge is 0.0193 e. The molecule has 0 saturated carbocycles. The van der Waals surface area contributed by atoms with Crippen molar-refractivity contribution in [3.05, 3.63) is 0 Å². The summed E-state index contributed by atoms with van der Waals surface area (Å²) in [5.74, 6) is 0. The molecule has 1 aliphatic rings. The number of hydrogen-bond donors (Lipinski definition) is 2. The highest BCUT2D eigenvalue weighted by Gasteiger charge is 2.23. The lowest BCUT2D eigenvalue weighted by Gasteiger charge is -2.32. The maximum Gasteiger partial charge on any atom is 0.0193 e. The van der Waals surface area contributed by atoms with Gasteiger partial charge in [0, 0.05) is 19.1 Å². The highest BCUT2D eigenvalue weighted by molar-refractivity contribution is 4.81. The molecule has 1 heterocycles. The maximum atomic E-state index is 3.76. The first-order chi connectivity index (χ1) is 7.70. The van der Waals surface area contributed by atoms with Gasteiger partial charge in [0.15, 0.2) is 0 Å². The Balaban J connectivity index is 2.25. The molecule has 2 atom stereocenters. The molecule has 1 aliphatic heterocycles. The Morgan fingerprint density at radius 3 is 2.75 bits per heavy atom. The molecule has 16 heavy (non-hydrogen) atoms. The molecule has 0 amide bonds. The summed E-state index contributed by atoms with van der Waals surface area (Å²) in [5.41, 5.74) is 0.507. The van der Waals surface area contributed by atoms with Gasteiger partial charge in [0.2, 0.25) is 0 Å². The van der Waals surface area contributed by atoms with Crippen LogP contribution in [0.3, 0.4) is 0 Å². The van der Waals surface area contributed by atoms with Crippen molar-refractivity contribution in [2.45, 2.75) is 65.3 Å². The summed E-state index contributed by atoms with van der Waals surface area (Å²) in [5, 5.41) is 7.23. The fourth-order valence-corrected chi connectivity index (χ4v) is 2.41. The molecule has 0 spiro atoms. The Hall–Kier alpha value is -0.0800. The van der Waals surface area contributed by atoms with E-state index in [0.29, 0.717) is 11.5 Å². The normalized spacial score (nSPS) is 25.3. The van der Waals surface area contributed by atoms with Gasteiger partial charge in [0.25, 0.3) is 0 Å². The Bertz CT molecular complexity index is 176. The lowest BCUT2D eigenvalue weighted by Crippen LogP contribution is -2.46. The highest BCUT2D eigenvalue weighted by atomic mass is 15.0. The zero-order chi connectivity index (χ0) is 11.9. The van der Waals surface area contributed by atoms with Crippen molar-refractivity contribution < 1.29 is 0 Å². The SMILES string of the molecule is CCCCC(C)(CC)CN[C@@H]1CCCNC1. The van der Waals surface area contributed by atoms with Crippen LogP contribution in [0, 0.1) is 5.41 Å². The van der Waals surface area contributed by atoms with E-state index in [1.807, 2.05) is 0 Å². The van der Waals surface area contributed by atoms with E-state index >= 15 is 0 Å². The first kappa shape index (κ1) is 14.0. The number of hydrogen-bond acceptors (Lipinski definition) is 2. The second kappa shape index (κ2) is 7.29. The van der Waals surface area contributed by atoms with Crippen LogP contribution in [0.2, 0.25) is 0 Å². The third kappa shape index (κ3) is 4.84. The third-order valence-corrected chi connectivity index (χ3v) is 4.10. The van der Waals surface area contributed by atoms with Gasteiger partial charge >= 0.3 is 0 Å². The largest absolute Gasteiger partial charge is 0.315 e. The van der Waals surface area contributed by atoms with E-state index < -0.39 is 0 Å². The van der Waals surface area contributed by atoms with E-state index in [9.17, 15) is 0 Å². The fourth-order valence-electron chi connectivity index (χ4n) is 2.41. The van der Waals surface area contributed by atoms with Crippen molar-refractivity contribution in [2.75, 3.05) is 19.6 Å². The molecule has 0 aromatic heterocycles. The van der Waals surface area contributed by atoms with E-state index in [0.717, 1.165) is 6.54 Å². The van der Waals surface area contributed by atoms with Crippen LogP contribution in [0.1, 0.15) is 59.3 Å². The Morgan fingerprint density at radius 2 is 2.19 bits per heavy atom. The van der Waals surface area contributed by atoms with E-state index in [2.05, 4.69) is 31.4 Å². The summed E-state index contributed by atoms with van der Waals surface area (Å²) in [7, 11) is 0. The van der Waals surface area contributed by atoms with Crippen molar-refractivity contribution in [3.8, 4) is 0 Å². The molecule has 1 unspecified atom stereocenters. The van der Waals surface area contributed by atoms with Crippen LogP contribution in [0.25, 0.3) is 0 Å². The second-order valence-corrected chi connectivity index (χ2v) is 5.69. The summed E-state index contributed by atoms with van der Waals surface area (Å²) in [6, 6.07) is 0.709. The van der Waals surface area contributed by atoms with Gasteiger partial charge in [-0.3, -0.25) is 0 Å². The van der Waals surface area contributed by atoms with Gasteiger partial charge in [0.05, 0.1) is 0 Å². The third-order valence-electron chi connectivity index (χ3n) is 4.10. The zero-order valence-electron chi connectivity index (χ0n) is 11.4. The number of unbranched alkanes of at least 4 members (excludes halogenated alkanes) is 1. The van der Waals surface area contributed by atoms with Gasteiger partial charge in [-0.1, -0.05) is 33.6 Å². The molecular weight excluding hydrogens is 196 g/mol. The average Bonchev–Trinajstić information content (AvgIpc) is 2.35. The van der Waals surface area contributed by atoms with Crippen LogP contribution in [0.4, 0.5) is 0 Å². The molecular formula is C14H30N2. The molecule has 2 nitrogen and oxygen atoms in total. The maximum absolute atomic E-state index is 3.76. The molecule has 0 bridgehead atoms. The molecule has 2 heteroatoms. The van der Waals surface area contributed by atoms with E-state index in [1.165, 1.54) is 51.6 Å². The van der Waals surface area contributed by atoms with Crippen LogP contribution in [0.15, 0.2) is 0 Å². The van der Waals surface area contributed by atoms with Crippen molar-refractivity contribution >= 4 is 0 Å². The summed E-state index contributed by atoms with van der Waals surface area (Å²) in [6.07, 6.45) is 8.03. The van der Waals surface area contributed by atoms with Crippen molar-refractivity contribution in [2.24, 2.45) is 5.41 Å². The Morgan fingerprint density at radius 1 is 1.38 bits per heavy atom. The van der Waals surface area contributed by atoms with Crippen LogP contribution in [0.5, 0.6) is 0 Å². The lowest BCUT2D eigenvalue weighted by molar-refractivity contribution is 0.239. The van der Waals surface area contributed by atoms with Crippen LogP contribution in [-0.2, 0) is 0 Å². The average molecular weight is 226 g/mol. The first-order valence-electron chi connectivity index (χ1n) is 7.14. The second-order valence-electron chi connectivity index (χ2n) is 5.69. The zero-order valence-corrected chi connectivity index (χ0v) is 11.4. The minimum absolute atomic E-state index is 0.507. The molecule has 1 rings (SSSR count). The van der Waals surface area contributed by atoms with Gasteiger partial charge in [-0.15, -0.1) is 0 Å². The van der Waals surface area contributed by atoms with Crippen molar-refractivity contribution in [3.63, 3.8) is 0 Å². The summed E-state index contributed by atoms with van der Waals surface area (Å²) < 4.78 is 0. The van der Waals surface area contributed by atoms with E-state index in [4.69, 9.17) is 0 Å². The van der Waals surface area contributed by atoms with Gasteiger partial charge in [-0.2, -0.15) is 0 Å². The Kier molecular flexibility index (Phi) is 6.37. The summed E-state index contributed by atoms with van der Waals surface area (Å²) in [4.78, 5) is 0. The van der Waals surface area contributed by atoms with Gasteiger partial charge in [0.1, 0.15) is 0 Å². The number of piperidine rings is 1. The molecule has 0 radical (unpaired) electrons. The molecule has 0 aromatic carbocycles. The Labute approximate surface area is 102 Å². The minimum atomic E-state index is 0.507. The first-order valence-corrected chi connectivity index (χ1v) is 7.14. The highest BCUT2D eigenvalue weighted by Crippen LogP contribution is 2.27. The van der Waals surface area contributed by atoms with Crippen molar-refractivity contribution in [1.29, 1.82) is 0 Å². The lowest BCUT2D eigenvalue weighted by atomic mass is 9.82. The molecule has 0 aliphatic carbocycles. The predicted molar refractivity (Wildman–Crippen MR) is 71.8 cm³/mol. The minimum Gasteiger partial charge on any atom is -0.315 e. The molecule has 1 fully saturated rings. The van der Waals surface area contributed by atoms with Crippen LogP contribution >= 0.6 is 0 Å². The van der Waals surface area contributed by atoms with Crippen molar-refractivity contribution in [1.82, 2.24) is 10.6 Å². The quantitative estimate of drug-likeness (QED) is 0.697. The van der Waals surface area contributed by atoms with Crippen LogP contribution < -0.4 is 10.6 Å². The standard InChI is InChI=1S/C14H30N2/c1-4-6-9-14(3,5-2)12-16-13-8-7-10-15-11-13/h13,15-16H,4-12H2,1-3H3/t13-,14?/m1/s1. The molecule has 0 aromatic rings. The van der Waals surface area contributed by atoms with Gasteiger partial charge < -0.3 is 10.6 Å². The number of rotatable bonds is 7. The van der Waals surface area contributed by atoms with Crippen LogP contribution in [-0.4, -0.2) is 25.7 Å². The molecule has 2 N–H and O–H groups in total. The fraction of sp³-hybridized carbons (Fsp3) is 1.00. The predicted octanol–water partition coefficient (Wildman–Crippen LogP) is 2.93. The molecule has 96 valence electrons. The van der Waals surface area contributed by atoms with Gasteiger partial charge in [-0.05, 0) is 37.6 Å². The van der Waals surface area contributed by atoms with E-state index in [-0.39, 0.29) is 0 Å². The topological polar surface area (TPSA) is 24.1 Å². The number of nitrogens with one attached hydrogen (secondary N) is 2. The summed E-state index contributed by atoms with van der Waals surface area (Å²) in [6.45, 7) is 10.6.